The lowest BCUT2D eigenvalue weighted by atomic mass is 9.80. The van der Waals surface area contributed by atoms with Gasteiger partial charge in [-0.25, -0.2) is 9.97 Å². The molecule has 2 fully saturated rings. The fraction of sp³-hybridized carbons (Fsp3) is 0.684. The highest BCUT2D eigenvalue weighted by molar-refractivity contribution is 5.84. The van der Waals surface area contributed by atoms with Crippen molar-refractivity contribution in [2.45, 2.75) is 32.3 Å². The highest BCUT2D eigenvalue weighted by Gasteiger charge is 2.46. The number of carbonyl (C=O) groups excluding carboxylic acids is 2. The minimum absolute atomic E-state index is 0.0287. The molecule has 3 aliphatic rings. The van der Waals surface area contributed by atoms with Crippen LogP contribution in [-0.4, -0.2) is 79.2 Å². The number of aryl methyl sites for hydroxylation is 1. The van der Waals surface area contributed by atoms with Crippen molar-refractivity contribution < 1.29 is 19.1 Å². The standard InChI is InChI=1S/C19H27N5O4/c1-13-15-10-28-12-19(3-4-24(11-19)16(26)9-20-14(2)25)17(15)22-18(21-13)23-5-7-27-8-6-23/h3-12H2,1-2H3,(H,20,25)/t19-/m1/s1. The molecule has 0 radical (unpaired) electrons. The summed E-state index contributed by atoms with van der Waals surface area (Å²) in [5, 5.41) is 2.59. The van der Waals surface area contributed by atoms with Crippen LogP contribution in [-0.2, 0) is 31.1 Å². The summed E-state index contributed by atoms with van der Waals surface area (Å²) in [7, 11) is 0. The Morgan fingerprint density at radius 1 is 1.18 bits per heavy atom. The second-order valence-corrected chi connectivity index (χ2v) is 7.78. The largest absolute Gasteiger partial charge is 0.378 e. The van der Waals surface area contributed by atoms with E-state index in [1.54, 1.807) is 4.90 Å². The van der Waals surface area contributed by atoms with Crippen molar-refractivity contribution in [2.75, 3.05) is 57.4 Å². The Morgan fingerprint density at radius 2 is 1.96 bits per heavy atom. The average Bonchev–Trinajstić information content (AvgIpc) is 3.12. The van der Waals surface area contributed by atoms with Crippen LogP contribution >= 0.6 is 0 Å². The van der Waals surface area contributed by atoms with Gasteiger partial charge >= 0.3 is 0 Å². The molecule has 1 aromatic rings. The zero-order valence-electron chi connectivity index (χ0n) is 16.5. The highest BCUT2D eigenvalue weighted by Crippen LogP contribution is 2.40. The number of hydrogen-bond donors (Lipinski definition) is 1. The molecule has 1 N–H and O–H groups in total. The van der Waals surface area contributed by atoms with Crippen LogP contribution in [0.25, 0.3) is 0 Å². The summed E-state index contributed by atoms with van der Waals surface area (Å²) in [6.07, 6.45) is 0.796. The fourth-order valence-corrected chi connectivity index (χ4v) is 4.22. The predicted octanol–water partition coefficient (Wildman–Crippen LogP) is -0.242. The van der Waals surface area contributed by atoms with Crippen molar-refractivity contribution in [1.82, 2.24) is 20.2 Å². The molecule has 2 amide bonds. The molecule has 9 nitrogen and oxygen atoms in total. The normalized spacial score (nSPS) is 24.4. The molecule has 152 valence electrons. The second kappa shape index (κ2) is 7.63. The van der Waals surface area contributed by atoms with Crippen LogP contribution in [0.1, 0.15) is 30.3 Å². The predicted molar refractivity (Wildman–Crippen MR) is 101 cm³/mol. The molecule has 0 saturated carbocycles. The van der Waals surface area contributed by atoms with Gasteiger partial charge in [-0.05, 0) is 13.3 Å². The van der Waals surface area contributed by atoms with Gasteiger partial charge in [0, 0.05) is 44.4 Å². The molecule has 1 aromatic heterocycles. The van der Waals surface area contributed by atoms with Gasteiger partial charge in [-0.2, -0.15) is 0 Å². The number of hydrogen-bond acceptors (Lipinski definition) is 7. The number of nitrogens with zero attached hydrogens (tertiary/aromatic N) is 4. The van der Waals surface area contributed by atoms with E-state index in [0.717, 1.165) is 42.4 Å². The molecule has 0 unspecified atom stereocenters. The average molecular weight is 389 g/mol. The molecule has 4 rings (SSSR count). The minimum atomic E-state index is -0.311. The van der Waals surface area contributed by atoms with Gasteiger partial charge in [0.1, 0.15) is 0 Å². The van der Waals surface area contributed by atoms with Crippen LogP contribution in [0.3, 0.4) is 0 Å². The third-order valence-corrected chi connectivity index (χ3v) is 5.82. The van der Waals surface area contributed by atoms with Crippen molar-refractivity contribution in [1.29, 1.82) is 0 Å². The summed E-state index contributed by atoms with van der Waals surface area (Å²) in [4.78, 5) is 37.3. The topological polar surface area (TPSA) is 96.9 Å². The van der Waals surface area contributed by atoms with E-state index in [1.165, 1.54) is 6.92 Å². The Labute approximate surface area is 164 Å². The van der Waals surface area contributed by atoms with Crippen LogP contribution < -0.4 is 10.2 Å². The van der Waals surface area contributed by atoms with Crippen LogP contribution in [0.2, 0.25) is 0 Å². The number of rotatable bonds is 3. The quantitative estimate of drug-likeness (QED) is 0.762. The van der Waals surface area contributed by atoms with Crippen molar-refractivity contribution >= 4 is 17.8 Å². The van der Waals surface area contributed by atoms with Gasteiger partial charge in [0.25, 0.3) is 0 Å². The second-order valence-electron chi connectivity index (χ2n) is 7.78. The molecule has 1 spiro atoms. The highest BCUT2D eigenvalue weighted by atomic mass is 16.5. The summed E-state index contributed by atoms with van der Waals surface area (Å²) in [6, 6.07) is 0. The Hall–Kier alpha value is -2.26. The lowest BCUT2D eigenvalue weighted by Crippen LogP contribution is -2.45. The van der Waals surface area contributed by atoms with E-state index in [-0.39, 0.29) is 23.8 Å². The van der Waals surface area contributed by atoms with Crippen molar-refractivity contribution in [3.63, 3.8) is 0 Å². The summed E-state index contributed by atoms with van der Waals surface area (Å²) < 4.78 is 11.4. The van der Waals surface area contributed by atoms with Gasteiger partial charge in [-0.1, -0.05) is 0 Å². The van der Waals surface area contributed by atoms with Gasteiger partial charge in [-0.15, -0.1) is 0 Å². The number of aromatic nitrogens is 2. The fourth-order valence-electron chi connectivity index (χ4n) is 4.22. The molecule has 1 atom stereocenters. The number of fused-ring (bicyclic) bond motifs is 2. The van der Waals surface area contributed by atoms with Crippen LogP contribution in [0, 0.1) is 6.92 Å². The molecule has 0 bridgehead atoms. The molecule has 9 heteroatoms. The maximum Gasteiger partial charge on any atom is 0.241 e. The van der Waals surface area contributed by atoms with Crippen LogP contribution in [0.15, 0.2) is 0 Å². The third-order valence-electron chi connectivity index (χ3n) is 5.82. The monoisotopic (exact) mass is 389 g/mol. The van der Waals surface area contributed by atoms with E-state index in [4.69, 9.17) is 19.4 Å². The van der Waals surface area contributed by atoms with E-state index in [9.17, 15) is 9.59 Å². The molecular weight excluding hydrogens is 362 g/mol. The first-order chi connectivity index (χ1) is 13.5. The third kappa shape index (κ3) is 3.56. The first kappa shape index (κ1) is 19.1. The number of anilines is 1. The molecular formula is C19H27N5O4. The maximum absolute atomic E-state index is 12.5. The smallest absolute Gasteiger partial charge is 0.241 e. The number of nitrogens with one attached hydrogen (secondary N) is 1. The Balaban J connectivity index is 1.60. The van der Waals surface area contributed by atoms with E-state index in [2.05, 4.69) is 10.2 Å². The molecule has 4 heterocycles. The molecule has 0 aliphatic carbocycles. The number of carbonyl (C=O) groups is 2. The number of ether oxygens (including phenoxy) is 2. The van der Waals surface area contributed by atoms with E-state index < -0.39 is 0 Å². The molecule has 2 saturated heterocycles. The van der Waals surface area contributed by atoms with Gasteiger partial charge in [0.05, 0.1) is 44.1 Å². The van der Waals surface area contributed by atoms with Crippen molar-refractivity contribution in [3.8, 4) is 0 Å². The summed E-state index contributed by atoms with van der Waals surface area (Å²) in [5.41, 5.74) is 2.68. The van der Waals surface area contributed by atoms with Gasteiger partial charge in [0.2, 0.25) is 17.8 Å². The number of likely N-dealkylation sites (tertiary alicyclic amines) is 1. The SMILES string of the molecule is CC(=O)NCC(=O)N1CC[C@]2(COCc3c(C)nc(N4CCOCC4)nc32)C1. The van der Waals surface area contributed by atoms with Crippen LogP contribution in [0.4, 0.5) is 5.95 Å². The van der Waals surface area contributed by atoms with Crippen molar-refractivity contribution in [2.24, 2.45) is 0 Å². The Morgan fingerprint density at radius 3 is 2.71 bits per heavy atom. The van der Waals surface area contributed by atoms with E-state index >= 15 is 0 Å². The summed E-state index contributed by atoms with van der Waals surface area (Å²) >= 11 is 0. The minimum Gasteiger partial charge on any atom is -0.378 e. The Bertz CT molecular complexity index is 780. The van der Waals surface area contributed by atoms with E-state index in [0.29, 0.717) is 39.5 Å². The van der Waals surface area contributed by atoms with Crippen LogP contribution in [0.5, 0.6) is 0 Å². The zero-order valence-corrected chi connectivity index (χ0v) is 16.5. The maximum atomic E-state index is 12.5. The van der Waals surface area contributed by atoms with Gasteiger partial charge in [-0.3, -0.25) is 9.59 Å². The van der Waals surface area contributed by atoms with Crippen molar-refractivity contribution in [3.05, 3.63) is 17.0 Å². The van der Waals surface area contributed by atoms with Gasteiger partial charge < -0.3 is 24.6 Å². The number of amides is 2. The first-order valence-electron chi connectivity index (χ1n) is 9.79. The lowest BCUT2D eigenvalue weighted by molar-refractivity contribution is -0.131. The first-order valence-corrected chi connectivity index (χ1v) is 9.79. The summed E-state index contributed by atoms with van der Waals surface area (Å²) in [5.74, 6) is 0.467. The van der Waals surface area contributed by atoms with E-state index in [1.807, 2.05) is 6.92 Å². The lowest BCUT2D eigenvalue weighted by Gasteiger charge is -2.36. The molecule has 0 aromatic carbocycles. The molecule has 28 heavy (non-hydrogen) atoms. The van der Waals surface area contributed by atoms with Gasteiger partial charge in [0.15, 0.2) is 0 Å². The number of morpholine rings is 1. The zero-order chi connectivity index (χ0) is 19.7. The molecule has 3 aliphatic heterocycles. The Kier molecular flexibility index (Phi) is 5.20. The summed E-state index contributed by atoms with van der Waals surface area (Å²) in [6.45, 7) is 8.60.